The van der Waals surface area contributed by atoms with Gasteiger partial charge in [0.05, 0.1) is 60.8 Å². The van der Waals surface area contributed by atoms with Crippen molar-refractivity contribution in [2.45, 2.75) is 18.5 Å². The molecule has 0 amide bonds. The number of anilines is 2. The normalized spacial score (nSPS) is 19.1. The average molecular weight is 588 g/mol. The summed E-state index contributed by atoms with van der Waals surface area (Å²) in [6.07, 6.45) is 3.43. The van der Waals surface area contributed by atoms with Crippen LogP contribution in [0.5, 0.6) is 11.5 Å². The number of hydrogen-bond acceptors (Lipinski definition) is 10. The Morgan fingerprint density at radius 3 is 2.50 bits per heavy atom. The predicted molar refractivity (Wildman–Crippen MR) is 157 cm³/mol. The number of methoxy groups -OCH3 is 2. The third kappa shape index (κ3) is 5.41. The Bertz CT molecular complexity index is 1420. The Hall–Kier alpha value is -3.18. The summed E-state index contributed by atoms with van der Waals surface area (Å²) in [6.45, 7) is 6.18. The number of aromatic nitrogens is 3. The summed E-state index contributed by atoms with van der Waals surface area (Å²) >= 11 is 13.4. The monoisotopic (exact) mass is 586 g/mol. The molecule has 1 aromatic carbocycles. The molecule has 2 fully saturated rings. The lowest BCUT2D eigenvalue weighted by Gasteiger charge is -2.43. The Morgan fingerprint density at radius 2 is 1.88 bits per heavy atom. The molecule has 212 valence electrons. The largest absolute Gasteiger partial charge is 0.495 e. The highest BCUT2D eigenvalue weighted by atomic mass is 35.5. The summed E-state index contributed by atoms with van der Waals surface area (Å²) in [4.78, 5) is 30.8. The Morgan fingerprint density at radius 1 is 1.18 bits per heavy atom. The van der Waals surface area contributed by atoms with Gasteiger partial charge in [-0.15, -0.1) is 0 Å². The van der Waals surface area contributed by atoms with Gasteiger partial charge in [0.15, 0.2) is 11.6 Å². The number of ketones is 1. The van der Waals surface area contributed by atoms with Crippen molar-refractivity contribution in [1.29, 1.82) is 0 Å². The molecule has 0 unspecified atom stereocenters. The van der Waals surface area contributed by atoms with Crippen molar-refractivity contribution >= 4 is 51.5 Å². The van der Waals surface area contributed by atoms with Crippen LogP contribution in [0, 0.1) is 5.92 Å². The number of nitrogens with one attached hydrogen (secondary N) is 1. The summed E-state index contributed by atoms with van der Waals surface area (Å²) in [5, 5.41) is 4.87. The number of allylic oxidation sites excluding steroid dienone is 1. The number of benzene rings is 1. The van der Waals surface area contributed by atoms with Gasteiger partial charge >= 0.3 is 0 Å². The maximum Gasteiger partial charge on any atom is 0.165 e. The second-order valence-corrected chi connectivity index (χ2v) is 10.9. The molecule has 5 rings (SSSR count). The Balaban J connectivity index is 1.57. The molecule has 10 nitrogen and oxygen atoms in total. The van der Waals surface area contributed by atoms with E-state index in [4.69, 9.17) is 47.4 Å². The minimum atomic E-state index is -0.0542. The van der Waals surface area contributed by atoms with E-state index in [2.05, 4.69) is 40.8 Å². The third-order valence-electron chi connectivity index (χ3n) is 7.47. The molecule has 4 heterocycles. The predicted octanol–water partition coefficient (Wildman–Crippen LogP) is 4.34. The number of carbonyl (C=O) groups is 1. The number of halogens is 2. The third-order valence-corrected chi connectivity index (χ3v) is 8.22. The number of pyridine rings is 1. The maximum atomic E-state index is 12.0. The van der Waals surface area contributed by atoms with E-state index in [1.54, 1.807) is 12.3 Å². The van der Waals surface area contributed by atoms with Crippen LogP contribution >= 0.6 is 23.2 Å². The van der Waals surface area contributed by atoms with Crippen LogP contribution in [0.25, 0.3) is 22.3 Å². The van der Waals surface area contributed by atoms with E-state index in [9.17, 15) is 4.79 Å². The molecular formula is C28H32Cl2N6O4. The number of rotatable bonds is 10. The second kappa shape index (κ2) is 11.7. The molecule has 0 saturated carbocycles. The van der Waals surface area contributed by atoms with Crippen molar-refractivity contribution < 1.29 is 19.0 Å². The van der Waals surface area contributed by atoms with Gasteiger partial charge in [-0.2, -0.15) is 0 Å². The highest BCUT2D eigenvalue weighted by molar-refractivity contribution is 6.41. The van der Waals surface area contributed by atoms with Crippen LogP contribution in [-0.2, 0) is 9.53 Å². The van der Waals surface area contributed by atoms with E-state index >= 15 is 0 Å². The average Bonchev–Trinajstić information content (AvgIpc) is 3.34. The molecule has 2 aromatic heterocycles. The van der Waals surface area contributed by atoms with Crippen molar-refractivity contribution in [3.8, 4) is 22.9 Å². The van der Waals surface area contributed by atoms with Crippen molar-refractivity contribution in [2.75, 3.05) is 64.8 Å². The maximum absolute atomic E-state index is 12.0. The summed E-state index contributed by atoms with van der Waals surface area (Å²) in [6, 6.07) is 3.92. The summed E-state index contributed by atoms with van der Waals surface area (Å²) in [5.41, 5.74) is 1.06. The standard InChI is InChI=1S/C28H32Cl2N6O4/c1-6-17(37)7-15-13-40-14-20(15)32-23-8-18-19(10-31-23)33-27(34-28(18)36-11-16(12-36)35(2)3)24-25(29)21(38-4)9-22(39-5)26(24)30/h6,8-10,15-16,20H,1,7,11-14H2,2-5H3,(H,31,32)/t15-,20+/m0/s1. The van der Waals surface area contributed by atoms with Crippen LogP contribution in [0.3, 0.4) is 0 Å². The fraction of sp³-hybridized carbons (Fsp3) is 0.429. The van der Waals surface area contributed by atoms with Crippen LogP contribution in [0.4, 0.5) is 11.6 Å². The molecule has 1 N–H and O–H groups in total. The van der Waals surface area contributed by atoms with Crippen molar-refractivity contribution in [3.05, 3.63) is 41.0 Å². The molecule has 2 atom stereocenters. The smallest absolute Gasteiger partial charge is 0.165 e. The van der Waals surface area contributed by atoms with E-state index in [0.717, 1.165) is 24.3 Å². The van der Waals surface area contributed by atoms with Crippen LogP contribution < -0.4 is 19.7 Å². The SMILES string of the molecule is C=CC(=O)C[C@H]1COC[C@H]1Nc1cc2c(N3CC(N(C)C)C3)nc(-c3c(Cl)c(OC)cc(OC)c3Cl)nc2cn1. The minimum absolute atomic E-state index is 0.00305. The Kier molecular flexibility index (Phi) is 8.32. The van der Waals surface area contributed by atoms with Gasteiger partial charge in [0.25, 0.3) is 0 Å². The molecule has 0 spiro atoms. The summed E-state index contributed by atoms with van der Waals surface area (Å²) < 4.78 is 16.6. The topological polar surface area (TPSA) is 102 Å². The van der Waals surface area contributed by atoms with Gasteiger partial charge < -0.3 is 29.3 Å². The fourth-order valence-electron chi connectivity index (χ4n) is 4.98. The number of hydrogen-bond donors (Lipinski definition) is 1. The number of fused-ring (bicyclic) bond motifs is 1. The van der Waals surface area contributed by atoms with E-state index in [1.165, 1.54) is 20.3 Å². The lowest BCUT2D eigenvalue weighted by atomic mass is 9.97. The molecule has 2 aliphatic rings. The van der Waals surface area contributed by atoms with Gasteiger partial charge in [-0.1, -0.05) is 29.8 Å². The van der Waals surface area contributed by atoms with Crippen LogP contribution in [-0.4, -0.2) is 92.3 Å². The van der Waals surface area contributed by atoms with Crippen LogP contribution in [0.15, 0.2) is 31.0 Å². The van der Waals surface area contributed by atoms with Gasteiger partial charge in [0.2, 0.25) is 0 Å². The Labute approximate surface area is 243 Å². The van der Waals surface area contributed by atoms with Gasteiger partial charge in [0.1, 0.15) is 23.1 Å². The van der Waals surface area contributed by atoms with E-state index in [0.29, 0.717) is 69.9 Å². The van der Waals surface area contributed by atoms with E-state index in [1.807, 2.05) is 6.07 Å². The highest BCUT2D eigenvalue weighted by Crippen LogP contribution is 2.46. The van der Waals surface area contributed by atoms with Gasteiger partial charge in [-0.25, -0.2) is 15.0 Å². The first kappa shape index (κ1) is 28.4. The lowest BCUT2D eigenvalue weighted by molar-refractivity contribution is -0.115. The fourth-order valence-corrected chi connectivity index (χ4v) is 5.65. The van der Waals surface area contributed by atoms with Crippen molar-refractivity contribution in [1.82, 2.24) is 19.9 Å². The summed E-state index contributed by atoms with van der Waals surface area (Å²) in [7, 11) is 7.18. The second-order valence-electron chi connectivity index (χ2n) is 10.2. The first-order valence-electron chi connectivity index (χ1n) is 12.9. The van der Waals surface area contributed by atoms with Gasteiger partial charge in [-0.05, 0) is 26.2 Å². The quantitative estimate of drug-likeness (QED) is 0.345. The molecule has 0 aliphatic carbocycles. The molecule has 0 bridgehead atoms. The number of nitrogens with zero attached hydrogens (tertiary/aromatic N) is 5. The first-order valence-corrected chi connectivity index (χ1v) is 13.7. The zero-order valence-corrected chi connectivity index (χ0v) is 24.4. The van der Waals surface area contributed by atoms with Crippen molar-refractivity contribution in [2.24, 2.45) is 5.92 Å². The molecule has 2 saturated heterocycles. The van der Waals surface area contributed by atoms with Gasteiger partial charge in [0, 0.05) is 42.9 Å². The number of carbonyl (C=O) groups excluding carboxylic acids is 1. The van der Waals surface area contributed by atoms with E-state index < -0.39 is 0 Å². The molecule has 0 radical (unpaired) electrons. The molecule has 3 aromatic rings. The molecule has 2 aliphatic heterocycles. The first-order chi connectivity index (χ1) is 19.2. The van der Waals surface area contributed by atoms with Crippen molar-refractivity contribution in [3.63, 3.8) is 0 Å². The van der Waals surface area contributed by atoms with Crippen LogP contribution in [0.2, 0.25) is 10.0 Å². The number of ether oxygens (including phenoxy) is 3. The molecule has 40 heavy (non-hydrogen) atoms. The lowest BCUT2D eigenvalue weighted by Crippen LogP contribution is -2.57. The number of likely N-dealkylation sites (N-methyl/N-ethyl adjacent to an activating group) is 1. The highest BCUT2D eigenvalue weighted by Gasteiger charge is 2.33. The van der Waals surface area contributed by atoms with Gasteiger partial charge in [-0.3, -0.25) is 4.79 Å². The summed E-state index contributed by atoms with van der Waals surface area (Å²) in [5.74, 6) is 2.58. The molecule has 12 heteroatoms. The molecular weight excluding hydrogens is 555 g/mol. The zero-order valence-electron chi connectivity index (χ0n) is 22.9. The van der Waals surface area contributed by atoms with E-state index in [-0.39, 0.29) is 17.7 Å². The minimum Gasteiger partial charge on any atom is -0.495 e. The zero-order chi connectivity index (χ0) is 28.6. The van der Waals surface area contributed by atoms with Crippen LogP contribution in [0.1, 0.15) is 6.42 Å².